The van der Waals surface area contributed by atoms with Gasteiger partial charge in [-0.15, -0.1) is 0 Å². The van der Waals surface area contributed by atoms with Crippen LogP contribution in [0.1, 0.15) is 23.0 Å². The van der Waals surface area contributed by atoms with Crippen LogP contribution in [0.2, 0.25) is 0 Å². The highest BCUT2D eigenvalue weighted by Crippen LogP contribution is 2.27. The summed E-state index contributed by atoms with van der Waals surface area (Å²) in [4.78, 5) is 39.6. The van der Waals surface area contributed by atoms with Crippen molar-refractivity contribution in [3.63, 3.8) is 0 Å². The Balaban J connectivity index is 1.55. The maximum Gasteiger partial charge on any atom is 0.339 e. The summed E-state index contributed by atoms with van der Waals surface area (Å²) in [6.45, 7) is 2.68. The molecule has 0 fully saturated rings. The van der Waals surface area contributed by atoms with E-state index in [4.69, 9.17) is 0 Å². The van der Waals surface area contributed by atoms with Gasteiger partial charge in [-0.2, -0.15) is 0 Å². The summed E-state index contributed by atoms with van der Waals surface area (Å²) in [5.41, 5.74) is 2.07. The molecule has 3 heterocycles. The molecule has 0 atom stereocenters. The Hall–Kier alpha value is -4.67. The van der Waals surface area contributed by atoms with Crippen molar-refractivity contribution >= 4 is 34.3 Å². The van der Waals surface area contributed by atoms with Gasteiger partial charge in [0, 0.05) is 36.3 Å². The van der Waals surface area contributed by atoms with Gasteiger partial charge >= 0.3 is 5.97 Å². The molecule has 0 aliphatic heterocycles. The number of fused-ring (bicyclic) bond motifs is 1. The number of para-hydroxylation sites is 1. The first-order valence-electron chi connectivity index (χ1n) is 10.5. The third-order valence-corrected chi connectivity index (χ3v) is 5.07. The zero-order valence-electron chi connectivity index (χ0n) is 18.2. The van der Waals surface area contributed by atoms with E-state index in [-0.39, 0.29) is 11.3 Å². The van der Waals surface area contributed by atoms with E-state index >= 15 is 0 Å². The van der Waals surface area contributed by atoms with Gasteiger partial charge in [0.25, 0.3) is 5.69 Å². The molecule has 0 saturated carbocycles. The second-order valence-electron chi connectivity index (χ2n) is 7.31. The lowest BCUT2D eigenvalue weighted by Gasteiger charge is -2.14. The van der Waals surface area contributed by atoms with Crippen molar-refractivity contribution in [1.29, 1.82) is 0 Å². The van der Waals surface area contributed by atoms with Gasteiger partial charge in [0.1, 0.15) is 17.6 Å². The van der Waals surface area contributed by atoms with Crippen molar-refractivity contribution in [2.45, 2.75) is 13.3 Å². The number of carboxylic acids is 1. The first kappa shape index (κ1) is 22.5. The van der Waals surface area contributed by atoms with Crippen molar-refractivity contribution in [2.24, 2.45) is 0 Å². The number of aromatic nitrogens is 4. The summed E-state index contributed by atoms with van der Waals surface area (Å²) in [5.74, 6) is -0.312. The van der Waals surface area contributed by atoms with Gasteiger partial charge in [0.05, 0.1) is 21.8 Å². The number of aryl methyl sites for hydroxylation is 1. The number of nitro groups is 1. The molecule has 1 aromatic carbocycles. The lowest BCUT2D eigenvalue weighted by atomic mass is 10.0. The Morgan fingerprint density at radius 3 is 2.56 bits per heavy atom. The second kappa shape index (κ2) is 9.86. The summed E-state index contributed by atoms with van der Waals surface area (Å²) in [5, 5.41) is 27.6. The van der Waals surface area contributed by atoms with Gasteiger partial charge in [-0.05, 0) is 24.6 Å². The number of anilines is 2. The van der Waals surface area contributed by atoms with Gasteiger partial charge in [-0.25, -0.2) is 19.7 Å². The van der Waals surface area contributed by atoms with Crippen LogP contribution < -0.4 is 10.6 Å². The average molecular weight is 459 g/mol. The van der Waals surface area contributed by atoms with Gasteiger partial charge in [-0.1, -0.05) is 25.1 Å². The third-order valence-electron chi connectivity index (χ3n) is 5.07. The molecule has 0 aliphatic carbocycles. The Morgan fingerprint density at radius 1 is 1.06 bits per heavy atom. The molecule has 11 heteroatoms. The lowest BCUT2D eigenvalue weighted by molar-refractivity contribution is -0.385. The molecule has 0 unspecified atom stereocenters. The van der Waals surface area contributed by atoms with Crippen LogP contribution in [0, 0.1) is 10.1 Å². The number of hydrogen-bond donors (Lipinski definition) is 3. The van der Waals surface area contributed by atoms with E-state index in [9.17, 15) is 20.0 Å². The first-order valence-corrected chi connectivity index (χ1v) is 10.5. The van der Waals surface area contributed by atoms with E-state index in [1.807, 2.05) is 37.3 Å². The average Bonchev–Trinajstić information content (AvgIpc) is 2.85. The van der Waals surface area contributed by atoms with Gasteiger partial charge in [0.15, 0.2) is 0 Å². The number of hydrogen-bond acceptors (Lipinski definition) is 9. The summed E-state index contributed by atoms with van der Waals surface area (Å²) in [6.07, 6.45) is 3.21. The topological polar surface area (TPSA) is 156 Å². The fourth-order valence-electron chi connectivity index (χ4n) is 3.44. The Bertz CT molecular complexity index is 1360. The number of nitrogens with zero attached hydrogens (tertiary/aromatic N) is 5. The van der Waals surface area contributed by atoms with Crippen molar-refractivity contribution in [1.82, 2.24) is 19.9 Å². The van der Waals surface area contributed by atoms with Crippen LogP contribution in [-0.4, -0.2) is 49.0 Å². The molecule has 34 heavy (non-hydrogen) atoms. The first-order chi connectivity index (χ1) is 16.5. The minimum absolute atomic E-state index is 0.0540. The highest BCUT2D eigenvalue weighted by atomic mass is 16.6. The molecule has 172 valence electrons. The van der Waals surface area contributed by atoms with E-state index in [2.05, 4.69) is 30.6 Å². The largest absolute Gasteiger partial charge is 0.478 e. The second-order valence-corrected chi connectivity index (χ2v) is 7.31. The van der Waals surface area contributed by atoms with Gasteiger partial charge in [-0.3, -0.25) is 15.1 Å². The normalized spacial score (nSPS) is 10.7. The van der Waals surface area contributed by atoms with Crippen molar-refractivity contribution in [2.75, 3.05) is 23.7 Å². The highest BCUT2D eigenvalue weighted by Gasteiger charge is 2.21. The van der Waals surface area contributed by atoms with Crippen LogP contribution in [0.25, 0.3) is 22.2 Å². The predicted molar refractivity (Wildman–Crippen MR) is 127 cm³/mol. The van der Waals surface area contributed by atoms with Crippen LogP contribution >= 0.6 is 0 Å². The summed E-state index contributed by atoms with van der Waals surface area (Å²) in [6, 6.07) is 12.3. The SMILES string of the molecule is CCc1nc(NCCNc2ccc([N+](=O)[O-])cn2)nc(-c2cnc3ccccc3c2)c1C(=O)O. The molecule has 0 radical (unpaired) electrons. The van der Waals surface area contributed by atoms with Crippen molar-refractivity contribution in [3.8, 4) is 11.3 Å². The molecular formula is C23H21N7O4. The van der Waals surface area contributed by atoms with Crippen molar-refractivity contribution in [3.05, 3.63) is 76.2 Å². The molecule has 0 aliphatic rings. The molecule has 0 bridgehead atoms. The predicted octanol–water partition coefficient (Wildman–Crippen LogP) is 3.78. The van der Waals surface area contributed by atoms with Crippen molar-refractivity contribution < 1.29 is 14.8 Å². The minimum atomic E-state index is -1.10. The van der Waals surface area contributed by atoms with E-state index in [0.717, 1.165) is 10.9 Å². The number of benzene rings is 1. The molecule has 4 rings (SSSR count). The van der Waals surface area contributed by atoms with Gasteiger partial charge < -0.3 is 15.7 Å². The summed E-state index contributed by atoms with van der Waals surface area (Å²) >= 11 is 0. The Morgan fingerprint density at radius 2 is 1.85 bits per heavy atom. The zero-order valence-corrected chi connectivity index (χ0v) is 18.2. The van der Waals surface area contributed by atoms with Gasteiger partial charge in [0.2, 0.25) is 5.95 Å². The molecule has 4 aromatic rings. The van der Waals surface area contributed by atoms with E-state index in [1.165, 1.54) is 18.3 Å². The summed E-state index contributed by atoms with van der Waals surface area (Å²) < 4.78 is 0. The minimum Gasteiger partial charge on any atom is -0.478 e. The number of pyridine rings is 2. The van der Waals surface area contributed by atoms with E-state index in [1.54, 1.807) is 6.20 Å². The number of carbonyl (C=O) groups is 1. The lowest BCUT2D eigenvalue weighted by Crippen LogP contribution is -2.18. The molecule has 0 spiro atoms. The number of aromatic carboxylic acids is 1. The standard InChI is InChI=1S/C23H21N7O4/c1-2-17-20(22(31)32)21(15-11-14-5-3-4-6-18(14)26-12-15)29-23(28-17)25-10-9-24-19-8-7-16(13-27-19)30(33)34/h3-8,11-13H,2,9-10H2,1H3,(H,24,27)(H,31,32)(H,25,28,29). The Labute approximate surface area is 194 Å². The molecule has 11 nitrogen and oxygen atoms in total. The molecule has 3 N–H and O–H groups in total. The molecule has 0 saturated heterocycles. The summed E-state index contributed by atoms with van der Waals surface area (Å²) in [7, 11) is 0. The maximum atomic E-state index is 12.1. The quantitative estimate of drug-likeness (QED) is 0.191. The molecule has 0 amide bonds. The molecule has 3 aromatic heterocycles. The van der Waals surface area contributed by atoms with E-state index in [0.29, 0.717) is 48.2 Å². The van der Waals surface area contributed by atoms with Crippen LogP contribution in [0.4, 0.5) is 17.5 Å². The van der Waals surface area contributed by atoms with Crippen LogP contribution in [0.15, 0.2) is 54.9 Å². The Kier molecular flexibility index (Phi) is 6.53. The van der Waals surface area contributed by atoms with Crippen LogP contribution in [-0.2, 0) is 6.42 Å². The number of carboxylic acid groups (broad SMARTS) is 1. The maximum absolute atomic E-state index is 12.1. The fourth-order valence-corrected chi connectivity index (χ4v) is 3.44. The third kappa shape index (κ3) is 4.88. The monoisotopic (exact) mass is 459 g/mol. The number of rotatable bonds is 9. The molecular weight excluding hydrogens is 438 g/mol. The smallest absolute Gasteiger partial charge is 0.339 e. The zero-order chi connectivity index (χ0) is 24.1. The van der Waals surface area contributed by atoms with E-state index < -0.39 is 10.9 Å². The number of nitrogens with one attached hydrogen (secondary N) is 2. The highest BCUT2D eigenvalue weighted by molar-refractivity contribution is 5.97. The van der Waals surface area contributed by atoms with Crippen LogP contribution in [0.5, 0.6) is 0 Å². The fraction of sp³-hybridized carbons (Fsp3) is 0.174. The van der Waals surface area contributed by atoms with Crippen LogP contribution in [0.3, 0.4) is 0 Å².